The summed E-state index contributed by atoms with van der Waals surface area (Å²) in [7, 11) is 1.56. The number of pyridine rings is 1. The van der Waals surface area contributed by atoms with E-state index in [-0.39, 0.29) is 11.3 Å². The van der Waals surface area contributed by atoms with Crippen LogP contribution in [0.3, 0.4) is 0 Å². The van der Waals surface area contributed by atoms with E-state index in [1.165, 1.54) is 12.3 Å². The summed E-state index contributed by atoms with van der Waals surface area (Å²) in [6.45, 7) is 0. The van der Waals surface area contributed by atoms with E-state index in [0.29, 0.717) is 39.3 Å². The van der Waals surface area contributed by atoms with E-state index in [2.05, 4.69) is 10.3 Å². The largest absolute Gasteiger partial charge is 0.496 e. The smallest absolute Gasteiger partial charge is 0.257 e. The first kappa shape index (κ1) is 17.5. The topological polar surface area (TPSA) is 81.4 Å². The van der Waals surface area contributed by atoms with E-state index in [4.69, 9.17) is 9.15 Å². The van der Waals surface area contributed by atoms with Crippen LogP contribution in [0, 0.1) is 0 Å². The van der Waals surface area contributed by atoms with Crippen molar-refractivity contribution in [3.05, 3.63) is 88.8 Å². The number of nitrogens with zero attached hydrogens (tertiary/aromatic N) is 1. The summed E-state index contributed by atoms with van der Waals surface area (Å²) in [5, 5.41) is 3.14. The lowest BCUT2D eigenvalue weighted by Crippen LogP contribution is -2.12. The zero-order valence-corrected chi connectivity index (χ0v) is 15.0. The van der Waals surface area contributed by atoms with Crippen LogP contribution >= 0.6 is 0 Å². The van der Waals surface area contributed by atoms with Gasteiger partial charge in [0.1, 0.15) is 17.1 Å². The van der Waals surface area contributed by atoms with Crippen LogP contribution in [-0.4, -0.2) is 18.0 Å². The number of carbonyl (C=O) groups excluding carboxylic acids is 1. The third-order valence-corrected chi connectivity index (χ3v) is 4.28. The van der Waals surface area contributed by atoms with Gasteiger partial charge in [-0.2, -0.15) is 0 Å². The Morgan fingerprint density at radius 2 is 1.93 bits per heavy atom. The van der Waals surface area contributed by atoms with E-state index in [1.807, 2.05) is 18.2 Å². The van der Waals surface area contributed by atoms with Gasteiger partial charge in [0.05, 0.1) is 23.6 Å². The van der Waals surface area contributed by atoms with Crippen molar-refractivity contribution in [2.45, 2.75) is 0 Å². The molecule has 0 bridgehead atoms. The lowest BCUT2D eigenvalue weighted by molar-refractivity contribution is 0.102. The second-order valence-corrected chi connectivity index (χ2v) is 6.08. The number of ether oxygens (including phenoxy) is 1. The fourth-order valence-electron chi connectivity index (χ4n) is 2.92. The van der Waals surface area contributed by atoms with Gasteiger partial charge < -0.3 is 14.5 Å². The summed E-state index contributed by atoms with van der Waals surface area (Å²) in [6.07, 6.45) is 3.07. The quantitative estimate of drug-likeness (QED) is 0.583. The molecular formula is C22H16N2O4. The maximum Gasteiger partial charge on any atom is 0.257 e. The number of anilines is 1. The Bertz CT molecular complexity index is 1220. The number of nitrogens with one attached hydrogen (secondary N) is 1. The Morgan fingerprint density at radius 1 is 1.07 bits per heavy atom. The average molecular weight is 372 g/mol. The molecule has 0 saturated carbocycles. The first-order chi connectivity index (χ1) is 13.7. The molecule has 4 rings (SSSR count). The molecule has 2 heterocycles. The molecule has 1 N–H and O–H groups in total. The van der Waals surface area contributed by atoms with E-state index < -0.39 is 0 Å². The number of hydrogen-bond acceptors (Lipinski definition) is 5. The van der Waals surface area contributed by atoms with Crippen molar-refractivity contribution in [1.29, 1.82) is 0 Å². The highest BCUT2D eigenvalue weighted by molar-refractivity contribution is 6.04. The van der Waals surface area contributed by atoms with Gasteiger partial charge >= 0.3 is 0 Å². The van der Waals surface area contributed by atoms with Crippen LogP contribution in [0.2, 0.25) is 0 Å². The third kappa shape index (κ3) is 3.35. The molecule has 2 aromatic heterocycles. The Hall–Kier alpha value is -3.93. The molecule has 0 spiro atoms. The lowest BCUT2D eigenvalue weighted by atomic mass is 10.1. The first-order valence-corrected chi connectivity index (χ1v) is 8.58. The minimum Gasteiger partial charge on any atom is -0.496 e. The number of fused-ring (bicyclic) bond motifs is 1. The fourth-order valence-corrected chi connectivity index (χ4v) is 2.92. The third-order valence-electron chi connectivity index (χ3n) is 4.28. The van der Waals surface area contributed by atoms with Gasteiger partial charge in [-0.25, -0.2) is 0 Å². The van der Waals surface area contributed by atoms with Crippen LogP contribution in [0.4, 0.5) is 5.69 Å². The number of benzene rings is 2. The highest BCUT2D eigenvalue weighted by atomic mass is 16.5. The maximum absolute atomic E-state index is 12.7. The summed E-state index contributed by atoms with van der Waals surface area (Å²) in [4.78, 5) is 28.9. The molecule has 0 aliphatic carbocycles. The molecule has 6 heteroatoms. The SMILES string of the molecule is COc1ccccc1-c1cc(=O)c2cc(NC(=O)c3cccnc3)ccc2o1. The Morgan fingerprint density at radius 3 is 2.71 bits per heavy atom. The van der Waals surface area contributed by atoms with Crippen molar-refractivity contribution in [2.75, 3.05) is 12.4 Å². The standard InChI is InChI=1S/C22H16N2O4/c1-27-19-7-3-2-6-16(19)21-12-18(25)17-11-15(8-9-20(17)28-21)24-22(26)14-5-4-10-23-13-14/h2-13H,1H3,(H,24,26). The minimum atomic E-state index is -0.303. The van der Waals surface area contributed by atoms with Gasteiger partial charge in [0.15, 0.2) is 5.43 Å². The molecule has 6 nitrogen and oxygen atoms in total. The van der Waals surface area contributed by atoms with Crippen molar-refractivity contribution in [2.24, 2.45) is 0 Å². The van der Waals surface area contributed by atoms with Gasteiger partial charge in [0.2, 0.25) is 0 Å². The average Bonchev–Trinajstić information content (AvgIpc) is 2.74. The number of hydrogen-bond donors (Lipinski definition) is 1. The van der Waals surface area contributed by atoms with Gasteiger partial charge in [-0.3, -0.25) is 14.6 Å². The zero-order valence-electron chi connectivity index (χ0n) is 15.0. The lowest BCUT2D eigenvalue weighted by Gasteiger charge is -2.09. The van der Waals surface area contributed by atoms with E-state index in [9.17, 15) is 9.59 Å². The minimum absolute atomic E-state index is 0.209. The van der Waals surface area contributed by atoms with E-state index in [1.54, 1.807) is 49.7 Å². The number of para-hydroxylation sites is 1. The van der Waals surface area contributed by atoms with Gasteiger partial charge in [0.25, 0.3) is 5.91 Å². The number of methoxy groups -OCH3 is 1. The number of rotatable bonds is 4. The van der Waals surface area contributed by atoms with Gasteiger partial charge in [-0.05, 0) is 42.5 Å². The molecule has 0 unspecified atom stereocenters. The molecule has 2 aromatic carbocycles. The monoisotopic (exact) mass is 372 g/mol. The van der Waals surface area contributed by atoms with Crippen molar-refractivity contribution < 1.29 is 13.9 Å². The van der Waals surface area contributed by atoms with Gasteiger partial charge in [-0.1, -0.05) is 12.1 Å². The molecule has 0 aliphatic heterocycles. The molecule has 0 fully saturated rings. The Balaban J connectivity index is 1.71. The summed E-state index contributed by atoms with van der Waals surface area (Å²) in [5.74, 6) is 0.731. The molecular weight excluding hydrogens is 356 g/mol. The van der Waals surface area contributed by atoms with Crippen LogP contribution in [0.1, 0.15) is 10.4 Å². The molecule has 0 radical (unpaired) electrons. The van der Waals surface area contributed by atoms with Gasteiger partial charge in [0, 0.05) is 24.1 Å². The highest BCUT2D eigenvalue weighted by Crippen LogP contribution is 2.30. The molecule has 1 amide bonds. The summed E-state index contributed by atoms with van der Waals surface area (Å²) >= 11 is 0. The Labute approximate surface area is 160 Å². The molecule has 28 heavy (non-hydrogen) atoms. The van der Waals surface area contributed by atoms with Crippen LogP contribution in [0.25, 0.3) is 22.3 Å². The predicted octanol–water partition coefficient (Wildman–Crippen LogP) is 4.12. The molecule has 0 aliphatic rings. The van der Waals surface area contributed by atoms with Crippen LogP contribution in [0.5, 0.6) is 5.75 Å². The summed E-state index contributed by atoms with van der Waals surface area (Å²) in [6, 6.07) is 17.0. The highest BCUT2D eigenvalue weighted by Gasteiger charge is 2.12. The van der Waals surface area contributed by atoms with Gasteiger partial charge in [-0.15, -0.1) is 0 Å². The van der Waals surface area contributed by atoms with Crippen LogP contribution in [-0.2, 0) is 0 Å². The molecule has 138 valence electrons. The second-order valence-electron chi connectivity index (χ2n) is 6.08. The zero-order chi connectivity index (χ0) is 19.5. The second kappa shape index (κ2) is 7.36. The van der Waals surface area contributed by atoms with Crippen LogP contribution < -0.4 is 15.5 Å². The first-order valence-electron chi connectivity index (χ1n) is 8.58. The summed E-state index contributed by atoms with van der Waals surface area (Å²) < 4.78 is 11.3. The fraction of sp³-hybridized carbons (Fsp3) is 0.0455. The normalized spacial score (nSPS) is 10.6. The predicted molar refractivity (Wildman–Crippen MR) is 107 cm³/mol. The maximum atomic E-state index is 12.7. The number of aromatic nitrogens is 1. The van der Waals surface area contributed by atoms with Crippen LogP contribution in [0.15, 0.2) is 82.3 Å². The number of carbonyl (C=O) groups is 1. The molecule has 0 saturated heterocycles. The number of amides is 1. The summed E-state index contributed by atoms with van der Waals surface area (Å²) in [5.41, 5.74) is 1.84. The molecule has 4 aromatic rings. The van der Waals surface area contributed by atoms with Crippen molar-refractivity contribution in [3.63, 3.8) is 0 Å². The van der Waals surface area contributed by atoms with E-state index in [0.717, 1.165) is 0 Å². The van der Waals surface area contributed by atoms with Crippen molar-refractivity contribution in [1.82, 2.24) is 4.98 Å². The van der Waals surface area contributed by atoms with Crippen molar-refractivity contribution in [3.8, 4) is 17.1 Å². The Kier molecular flexibility index (Phi) is 4.60. The van der Waals surface area contributed by atoms with E-state index >= 15 is 0 Å². The van der Waals surface area contributed by atoms with Crippen molar-refractivity contribution >= 4 is 22.6 Å². The molecule has 0 atom stereocenters.